The predicted molar refractivity (Wildman–Crippen MR) is 74.6 cm³/mol. The first-order valence-corrected chi connectivity index (χ1v) is 7.02. The van der Waals surface area contributed by atoms with Crippen molar-refractivity contribution in [1.29, 1.82) is 0 Å². The summed E-state index contributed by atoms with van der Waals surface area (Å²) >= 11 is 3.30. The van der Waals surface area contributed by atoms with E-state index in [0.717, 1.165) is 17.3 Å². The highest BCUT2D eigenvalue weighted by Crippen LogP contribution is 2.19. The molecule has 102 valence electrons. The number of rotatable bonds is 2. The van der Waals surface area contributed by atoms with Gasteiger partial charge in [0.1, 0.15) is 0 Å². The maximum atomic E-state index is 12.3. The van der Waals surface area contributed by atoms with Gasteiger partial charge in [-0.15, -0.1) is 0 Å². The van der Waals surface area contributed by atoms with E-state index in [2.05, 4.69) is 26.2 Å². The molecule has 0 radical (unpaired) electrons. The van der Waals surface area contributed by atoms with E-state index < -0.39 is 0 Å². The summed E-state index contributed by atoms with van der Waals surface area (Å²) in [6.45, 7) is 1.17. The van der Waals surface area contributed by atoms with E-state index in [0.29, 0.717) is 18.7 Å². The number of carbonyl (C=O) groups is 2. The maximum absolute atomic E-state index is 12.3. The Morgan fingerprint density at radius 2 is 2.26 bits per heavy atom. The molecule has 5 nitrogen and oxygen atoms in total. The standard InChI is InChI=1S/C13H16BrN3O2/c1-15-12(18)9-3-2-4-17(8-9)13(19)10-5-11(14)7-16-6-10/h5-7,9H,2-4,8H2,1H3,(H,15,18). The minimum Gasteiger partial charge on any atom is -0.359 e. The number of amides is 2. The van der Waals surface area contributed by atoms with Crippen molar-refractivity contribution in [3.05, 3.63) is 28.5 Å². The fraction of sp³-hybridized carbons (Fsp3) is 0.462. The lowest BCUT2D eigenvalue weighted by Gasteiger charge is -2.31. The number of pyridine rings is 1. The average molecular weight is 326 g/mol. The Bertz CT molecular complexity index is 493. The van der Waals surface area contributed by atoms with Crippen molar-refractivity contribution >= 4 is 27.7 Å². The molecule has 1 aliphatic rings. The van der Waals surface area contributed by atoms with Gasteiger partial charge < -0.3 is 10.2 Å². The maximum Gasteiger partial charge on any atom is 0.255 e. The van der Waals surface area contributed by atoms with Crippen LogP contribution < -0.4 is 5.32 Å². The third-order valence-electron chi connectivity index (χ3n) is 3.28. The number of halogens is 1. The molecule has 1 atom stereocenters. The average Bonchev–Trinajstić information content (AvgIpc) is 2.45. The minimum absolute atomic E-state index is 0.00451. The highest BCUT2D eigenvalue weighted by atomic mass is 79.9. The Morgan fingerprint density at radius 1 is 1.47 bits per heavy atom. The number of carbonyl (C=O) groups excluding carboxylic acids is 2. The fourth-order valence-electron chi connectivity index (χ4n) is 2.29. The highest BCUT2D eigenvalue weighted by Gasteiger charge is 2.28. The van der Waals surface area contributed by atoms with Gasteiger partial charge in [-0.2, -0.15) is 0 Å². The van der Waals surface area contributed by atoms with E-state index in [-0.39, 0.29) is 17.7 Å². The second kappa shape index (κ2) is 6.14. The molecule has 19 heavy (non-hydrogen) atoms. The van der Waals surface area contributed by atoms with E-state index >= 15 is 0 Å². The number of hydrogen-bond donors (Lipinski definition) is 1. The molecule has 0 saturated carbocycles. The summed E-state index contributed by atoms with van der Waals surface area (Å²) in [4.78, 5) is 29.7. The number of nitrogens with zero attached hydrogens (tertiary/aromatic N) is 2. The summed E-state index contributed by atoms with van der Waals surface area (Å²) in [6, 6.07) is 1.75. The molecule has 2 rings (SSSR count). The molecule has 0 aliphatic carbocycles. The van der Waals surface area contributed by atoms with Crippen LogP contribution in [0, 0.1) is 5.92 Å². The quantitative estimate of drug-likeness (QED) is 0.895. The van der Waals surface area contributed by atoms with Crippen molar-refractivity contribution < 1.29 is 9.59 Å². The van der Waals surface area contributed by atoms with Crippen molar-refractivity contribution in [1.82, 2.24) is 15.2 Å². The van der Waals surface area contributed by atoms with E-state index in [1.54, 1.807) is 30.4 Å². The third kappa shape index (κ3) is 3.32. The van der Waals surface area contributed by atoms with Crippen LogP contribution in [0.1, 0.15) is 23.2 Å². The summed E-state index contributed by atoms with van der Waals surface area (Å²) in [7, 11) is 1.63. The van der Waals surface area contributed by atoms with Crippen LogP contribution in [0.4, 0.5) is 0 Å². The largest absolute Gasteiger partial charge is 0.359 e. The number of aromatic nitrogens is 1. The predicted octanol–water partition coefficient (Wildman–Crippen LogP) is 1.44. The normalized spacial score (nSPS) is 19.1. The Balaban J connectivity index is 2.09. The molecule has 1 fully saturated rings. The Hall–Kier alpha value is -1.43. The lowest BCUT2D eigenvalue weighted by atomic mass is 9.96. The lowest BCUT2D eigenvalue weighted by molar-refractivity contribution is -0.125. The van der Waals surface area contributed by atoms with Crippen molar-refractivity contribution in [2.45, 2.75) is 12.8 Å². The summed E-state index contributed by atoms with van der Waals surface area (Å²) < 4.78 is 0.776. The van der Waals surface area contributed by atoms with Gasteiger partial charge >= 0.3 is 0 Å². The Labute approximate surface area is 120 Å². The van der Waals surface area contributed by atoms with Gasteiger partial charge in [-0.05, 0) is 34.8 Å². The molecule has 2 amide bonds. The van der Waals surface area contributed by atoms with Gasteiger partial charge in [-0.1, -0.05) is 0 Å². The first kappa shape index (κ1) is 14.0. The molecular weight excluding hydrogens is 310 g/mol. The lowest BCUT2D eigenvalue weighted by Crippen LogP contribution is -2.44. The number of piperidine rings is 1. The molecule has 0 bridgehead atoms. The minimum atomic E-state index is -0.109. The molecule has 2 heterocycles. The van der Waals surface area contributed by atoms with Gasteiger partial charge in [0.2, 0.25) is 5.91 Å². The molecule has 1 aromatic heterocycles. The van der Waals surface area contributed by atoms with Gasteiger partial charge in [-0.25, -0.2) is 0 Å². The zero-order chi connectivity index (χ0) is 13.8. The van der Waals surface area contributed by atoms with Crippen molar-refractivity contribution in [2.24, 2.45) is 5.92 Å². The molecule has 0 spiro atoms. The molecule has 1 saturated heterocycles. The van der Waals surface area contributed by atoms with Crippen LogP contribution in [-0.2, 0) is 4.79 Å². The number of nitrogens with one attached hydrogen (secondary N) is 1. The molecular formula is C13H16BrN3O2. The van der Waals surface area contributed by atoms with Crippen LogP contribution in [0.5, 0.6) is 0 Å². The topological polar surface area (TPSA) is 62.3 Å². The monoisotopic (exact) mass is 325 g/mol. The molecule has 0 aromatic carbocycles. The van der Waals surface area contributed by atoms with Gasteiger partial charge in [0, 0.05) is 37.0 Å². The molecule has 1 aliphatic heterocycles. The van der Waals surface area contributed by atoms with Gasteiger partial charge in [0.05, 0.1) is 11.5 Å². The van der Waals surface area contributed by atoms with Gasteiger partial charge in [-0.3, -0.25) is 14.6 Å². The van der Waals surface area contributed by atoms with E-state index in [1.807, 2.05) is 0 Å². The Morgan fingerprint density at radius 3 is 2.95 bits per heavy atom. The number of hydrogen-bond acceptors (Lipinski definition) is 3. The molecule has 1 unspecified atom stereocenters. The molecule has 1 N–H and O–H groups in total. The van der Waals surface area contributed by atoms with Crippen LogP contribution in [0.2, 0.25) is 0 Å². The zero-order valence-electron chi connectivity index (χ0n) is 10.7. The van der Waals surface area contributed by atoms with Crippen LogP contribution in [0.3, 0.4) is 0 Å². The van der Waals surface area contributed by atoms with Crippen molar-refractivity contribution in [3.63, 3.8) is 0 Å². The van der Waals surface area contributed by atoms with Crippen molar-refractivity contribution in [2.75, 3.05) is 20.1 Å². The summed E-state index contributed by atoms with van der Waals surface area (Å²) in [5.74, 6) is -0.171. The second-order valence-corrected chi connectivity index (χ2v) is 5.51. The SMILES string of the molecule is CNC(=O)C1CCCN(C(=O)c2cncc(Br)c2)C1. The molecule has 6 heteroatoms. The van der Waals surface area contributed by atoms with Crippen LogP contribution in [0.25, 0.3) is 0 Å². The number of likely N-dealkylation sites (tertiary alicyclic amines) is 1. The summed E-state index contributed by atoms with van der Waals surface area (Å²) in [6.07, 6.45) is 4.88. The van der Waals surface area contributed by atoms with E-state index in [1.165, 1.54) is 0 Å². The first-order valence-electron chi connectivity index (χ1n) is 6.23. The molecule has 1 aromatic rings. The van der Waals surface area contributed by atoms with Crippen molar-refractivity contribution in [3.8, 4) is 0 Å². The second-order valence-electron chi connectivity index (χ2n) is 4.60. The van der Waals surface area contributed by atoms with Crippen LogP contribution in [-0.4, -0.2) is 41.8 Å². The van der Waals surface area contributed by atoms with Crippen LogP contribution in [0.15, 0.2) is 22.9 Å². The van der Waals surface area contributed by atoms with Gasteiger partial charge in [0.15, 0.2) is 0 Å². The summed E-state index contributed by atoms with van der Waals surface area (Å²) in [5, 5.41) is 2.65. The van der Waals surface area contributed by atoms with Gasteiger partial charge in [0.25, 0.3) is 5.91 Å². The Kier molecular flexibility index (Phi) is 4.52. The fourth-order valence-corrected chi connectivity index (χ4v) is 2.66. The first-order chi connectivity index (χ1) is 9.11. The zero-order valence-corrected chi connectivity index (χ0v) is 12.3. The van der Waals surface area contributed by atoms with E-state index in [4.69, 9.17) is 0 Å². The summed E-state index contributed by atoms with van der Waals surface area (Å²) in [5.41, 5.74) is 0.548. The third-order valence-corrected chi connectivity index (χ3v) is 3.71. The van der Waals surface area contributed by atoms with Crippen LogP contribution >= 0.6 is 15.9 Å². The van der Waals surface area contributed by atoms with E-state index in [9.17, 15) is 9.59 Å². The smallest absolute Gasteiger partial charge is 0.255 e. The highest BCUT2D eigenvalue weighted by molar-refractivity contribution is 9.10.